The maximum absolute atomic E-state index is 11.0. The number of hydrogen-bond donors (Lipinski definition) is 2. The van der Waals surface area contributed by atoms with Crippen LogP contribution in [0, 0.1) is 0 Å². The van der Waals surface area contributed by atoms with Gasteiger partial charge in [0.2, 0.25) is 5.91 Å². The monoisotopic (exact) mass is 218 g/mol. The van der Waals surface area contributed by atoms with Gasteiger partial charge < -0.3 is 5.73 Å². The van der Waals surface area contributed by atoms with E-state index in [1.165, 1.54) is 17.5 Å². The molecule has 0 aromatic heterocycles. The summed E-state index contributed by atoms with van der Waals surface area (Å²) in [5.41, 5.74) is 7.98. The number of carbonyl (C=O) groups excluding carboxylic acids is 1. The fourth-order valence-electron chi connectivity index (χ4n) is 2.31. The van der Waals surface area contributed by atoms with Crippen molar-refractivity contribution in [2.75, 3.05) is 0 Å². The third kappa shape index (κ3) is 2.25. The highest BCUT2D eigenvalue weighted by molar-refractivity contribution is 5.79. The molecule has 86 valence electrons. The quantitative estimate of drug-likeness (QED) is 0.808. The molecule has 16 heavy (non-hydrogen) atoms. The van der Waals surface area contributed by atoms with Gasteiger partial charge in [0.15, 0.2) is 0 Å². The largest absolute Gasteiger partial charge is 0.368 e. The fraction of sp³-hybridized carbons (Fsp3) is 0.462. The lowest BCUT2D eigenvalue weighted by Gasteiger charge is -2.28. The van der Waals surface area contributed by atoms with Crippen molar-refractivity contribution < 1.29 is 4.79 Å². The van der Waals surface area contributed by atoms with Crippen LogP contribution in [-0.2, 0) is 11.2 Å². The van der Waals surface area contributed by atoms with Crippen molar-refractivity contribution >= 4 is 5.91 Å². The van der Waals surface area contributed by atoms with Gasteiger partial charge in [-0.15, -0.1) is 0 Å². The Hall–Kier alpha value is -1.35. The molecular formula is C13H18N2O. The fourth-order valence-corrected chi connectivity index (χ4v) is 2.31. The molecule has 2 atom stereocenters. The summed E-state index contributed by atoms with van der Waals surface area (Å²) in [6, 6.07) is 8.42. The minimum atomic E-state index is -0.289. The minimum Gasteiger partial charge on any atom is -0.368 e. The molecule has 0 heterocycles. The lowest BCUT2D eigenvalue weighted by molar-refractivity contribution is -0.119. The summed E-state index contributed by atoms with van der Waals surface area (Å²) in [5, 5.41) is 3.30. The van der Waals surface area contributed by atoms with E-state index in [-0.39, 0.29) is 18.0 Å². The topological polar surface area (TPSA) is 55.1 Å². The van der Waals surface area contributed by atoms with E-state index in [0.29, 0.717) is 0 Å². The number of amides is 1. The number of rotatable bonds is 3. The average Bonchev–Trinajstić information content (AvgIpc) is 2.29. The zero-order valence-corrected chi connectivity index (χ0v) is 9.57. The van der Waals surface area contributed by atoms with Crippen LogP contribution in [0.1, 0.15) is 36.9 Å². The molecule has 1 aliphatic rings. The molecule has 3 nitrogen and oxygen atoms in total. The molecule has 0 radical (unpaired) electrons. The van der Waals surface area contributed by atoms with Gasteiger partial charge in [-0.2, -0.15) is 0 Å². The van der Waals surface area contributed by atoms with E-state index in [4.69, 9.17) is 5.73 Å². The van der Waals surface area contributed by atoms with Crippen LogP contribution in [0.3, 0.4) is 0 Å². The molecule has 1 aliphatic carbocycles. The third-order valence-electron chi connectivity index (χ3n) is 3.25. The van der Waals surface area contributed by atoms with Crippen LogP contribution in [0.4, 0.5) is 0 Å². The summed E-state index contributed by atoms with van der Waals surface area (Å²) < 4.78 is 0. The SMILES string of the molecule is C[C@H](N[C@H]1CCCc2ccccc21)C(N)=O. The predicted molar refractivity (Wildman–Crippen MR) is 63.9 cm³/mol. The summed E-state index contributed by atoms with van der Waals surface area (Å²) in [5.74, 6) is -0.289. The molecule has 0 spiro atoms. The third-order valence-corrected chi connectivity index (χ3v) is 3.25. The maximum Gasteiger partial charge on any atom is 0.234 e. The van der Waals surface area contributed by atoms with Gasteiger partial charge in [-0.05, 0) is 37.3 Å². The number of aryl methyl sites for hydroxylation is 1. The van der Waals surface area contributed by atoms with E-state index >= 15 is 0 Å². The standard InChI is InChI=1S/C13H18N2O/c1-9(13(14)16)15-12-8-4-6-10-5-2-3-7-11(10)12/h2-3,5,7,9,12,15H,4,6,8H2,1H3,(H2,14,16)/t9-,12-/m0/s1. The molecule has 0 bridgehead atoms. The Morgan fingerprint density at radius 1 is 1.50 bits per heavy atom. The van der Waals surface area contributed by atoms with Gasteiger partial charge in [-0.25, -0.2) is 0 Å². The molecule has 3 heteroatoms. The van der Waals surface area contributed by atoms with Crippen molar-refractivity contribution in [1.82, 2.24) is 5.32 Å². The Bertz CT molecular complexity index is 389. The summed E-state index contributed by atoms with van der Waals surface area (Å²) in [7, 11) is 0. The molecule has 0 saturated heterocycles. The van der Waals surface area contributed by atoms with Crippen LogP contribution in [0.5, 0.6) is 0 Å². The van der Waals surface area contributed by atoms with Gasteiger partial charge in [0.05, 0.1) is 6.04 Å². The second-order valence-electron chi connectivity index (χ2n) is 4.43. The lowest BCUT2D eigenvalue weighted by atomic mass is 9.87. The van der Waals surface area contributed by atoms with Crippen LogP contribution < -0.4 is 11.1 Å². The molecule has 1 aromatic carbocycles. The molecule has 0 aliphatic heterocycles. The smallest absolute Gasteiger partial charge is 0.234 e. The Labute approximate surface area is 96.0 Å². The number of nitrogens with two attached hydrogens (primary N) is 1. The molecular weight excluding hydrogens is 200 g/mol. The molecule has 1 aromatic rings. The van der Waals surface area contributed by atoms with Crippen LogP contribution in [0.15, 0.2) is 24.3 Å². The molecule has 0 unspecified atom stereocenters. The van der Waals surface area contributed by atoms with Crippen molar-refractivity contribution in [3.05, 3.63) is 35.4 Å². The molecule has 2 rings (SSSR count). The predicted octanol–water partition coefficient (Wildman–Crippen LogP) is 1.53. The molecule has 1 amide bonds. The first-order valence-corrected chi connectivity index (χ1v) is 5.81. The summed E-state index contributed by atoms with van der Waals surface area (Å²) in [4.78, 5) is 11.0. The van der Waals surface area contributed by atoms with Gasteiger partial charge in [0.1, 0.15) is 0 Å². The highest BCUT2D eigenvalue weighted by atomic mass is 16.1. The number of hydrogen-bond acceptors (Lipinski definition) is 2. The van der Waals surface area contributed by atoms with E-state index in [9.17, 15) is 4.79 Å². The van der Waals surface area contributed by atoms with Crippen LogP contribution in [-0.4, -0.2) is 11.9 Å². The minimum absolute atomic E-state index is 0.267. The Balaban J connectivity index is 2.16. The van der Waals surface area contributed by atoms with Crippen molar-refractivity contribution in [3.63, 3.8) is 0 Å². The van der Waals surface area contributed by atoms with Crippen molar-refractivity contribution in [2.24, 2.45) is 5.73 Å². The number of benzene rings is 1. The van der Waals surface area contributed by atoms with E-state index < -0.39 is 0 Å². The van der Waals surface area contributed by atoms with Gasteiger partial charge in [0.25, 0.3) is 0 Å². The maximum atomic E-state index is 11.0. The lowest BCUT2D eigenvalue weighted by Crippen LogP contribution is -2.41. The number of primary amides is 1. The molecule has 3 N–H and O–H groups in total. The summed E-state index contributed by atoms with van der Waals surface area (Å²) >= 11 is 0. The van der Waals surface area contributed by atoms with Crippen molar-refractivity contribution in [3.8, 4) is 0 Å². The normalized spacial score (nSPS) is 21.2. The Kier molecular flexibility index (Phi) is 3.25. The van der Waals surface area contributed by atoms with Crippen LogP contribution in [0.25, 0.3) is 0 Å². The number of fused-ring (bicyclic) bond motifs is 1. The van der Waals surface area contributed by atoms with E-state index in [1.807, 2.05) is 13.0 Å². The zero-order chi connectivity index (χ0) is 11.5. The first kappa shape index (κ1) is 11.1. The molecule has 0 fully saturated rings. The van der Waals surface area contributed by atoms with Crippen LogP contribution >= 0.6 is 0 Å². The Morgan fingerprint density at radius 2 is 2.25 bits per heavy atom. The van der Waals surface area contributed by atoms with Gasteiger partial charge in [0, 0.05) is 6.04 Å². The van der Waals surface area contributed by atoms with Gasteiger partial charge in [-0.3, -0.25) is 10.1 Å². The van der Waals surface area contributed by atoms with Crippen molar-refractivity contribution in [1.29, 1.82) is 0 Å². The van der Waals surface area contributed by atoms with E-state index in [2.05, 4.69) is 23.5 Å². The average molecular weight is 218 g/mol. The van der Waals surface area contributed by atoms with E-state index in [1.54, 1.807) is 0 Å². The molecule has 0 saturated carbocycles. The zero-order valence-electron chi connectivity index (χ0n) is 9.57. The summed E-state index contributed by atoms with van der Waals surface area (Å²) in [6.07, 6.45) is 3.38. The summed E-state index contributed by atoms with van der Waals surface area (Å²) in [6.45, 7) is 1.82. The number of nitrogens with one attached hydrogen (secondary N) is 1. The highest BCUT2D eigenvalue weighted by Gasteiger charge is 2.22. The first-order chi connectivity index (χ1) is 7.68. The second-order valence-corrected chi connectivity index (χ2v) is 4.43. The van der Waals surface area contributed by atoms with Crippen molar-refractivity contribution in [2.45, 2.75) is 38.3 Å². The van der Waals surface area contributed by atoms with Gasteiger partial charge >= 0.3 is 0 Å². The first-order valence-electron chi connectivity index (χ1n) is 5.81. The number of carbonyl (C=O) groups is 1. The highest BCUT2D eigenvalue weighted by Crippen LogP contribution is 2.29. The van der Waals surface area contributed by atoms with Gasteiger partial charge in [-0.1, -0.05) is 24.3 Å². The van der Waals surface area contributed by atoms with Crippen LogP contribution in [0.2, 0.25) is 0 Å². The van der Waals surface area contributed by atoms with E-state index in [0.717, 1.165) is 12.8 Å². The Morgan fingerprint density at radius 3 is 3.00 bits per heavy atom. The second kappa shape index (κ2) is 4.66.